The highest BCUT2D eigenvalue weighted by Gasteiger charge is 2.25. The topological polar surface area (TPSA) is 109 Å². The minimum atomic E-state index is -1.47. The molecule has 0 spiro atoms. The van der Waals surface area contributed by atoms with Gasteiger partial charge < -0.3 is 10.2 Å². The third-order valence-corrected chi connectivity index (χ3v) is 2.90. The van der Waals surface area contributed by atoms with Crippen molar-refractivity contribution in [3.8, 4) is 0 Å². The third-order valence-electron chi connectivity index (χ3n) is 2.90. The minimum Gasteiger partial charge on any atom is -0.478 e. The van der Waals surface area contributed by atoms with E-state index in [1.807, 2.05) is 27.7 Å². The zero-order chi connectivity index (χ0) is 17.4. The Kier molecular flexibility index (Phi) is 8.30. The zero-order valence-electron chi connectivity index (χ0n) is 13.5. The highest BCUT2D eigenvalue weighted by molar-refractivity contribution is 6.05. The van der Waals surface area contributed by atoms with Crippen LogP contribution >= 0.6 is 0 Å². The SMILES string of the molecule is CC(C)CC(=O)C/C(C(=O)O)=C(/CC(=O)CC(C)C)C(=O)O. The molecule has 0 bridgehead atoms. The summed E-state index contributed by atoms with van der Waals surface area (Å²) < 4.78 is 0. The number of Topliss-reactive ketones (excluding diaryl/α,β-unsaturated/α-hetero) is 2. The van der Waals surface area contributed by atoms with Crippen LogP contribution in [0.1, 0.15) is 53.4 Å². The monoisotopic (exact) mass is 312 g/mol. The van der Waals surface area contributed by atoms with Gasteiger partial charge in [-0.15, -0.1) is 0 Å². The molecule has 0 heterocycles. The predicted molar refractivity (Wildman–Crippen MR) is 80.5 cm³/mol. The van der Waals surface area contributed by atoms with Gasteiger partial charge in [0.2, 0.25) is 0 Å². The first-order chi connectivity index (χ1) is 10.0. The second-order valence-electron chi connectivity index (χ2n) is 6.19. The number of hydrogen-bond acceptors (Lipinski definition) is 4. The Balaban J connectivity index is 5.39. The molecule has 0 aromatic heterocycles. The molecule has 0 saturated heterocycles. The van der Waals surface area contributed by atoms with Crippen molar-refractivity contribution < 1.29 is 29.4 Å². The summed E-state index contributed by atoms with van der Waals surface area (Å²) in [6.45, 7) is 7.25. The lowest BCUT2D eigenvalue weighted by Gasteiger charge is -2.10. The lowest BCUT2D eigenvalue weighted by atomic mass is 9.93. The molecule has 0 radical (unpaired) electrons. The number of hydrogen-bond donors (Lipinski definition) is 2. The molecule has 22 heavy (non-hydrogen) atoms. The molecule has 0 unspecified atom stereocenters. The van der Waals surface area contributed by atoms with Crippen LogP contribution in [0, 0.1) is 11.8 Å². The number of ketones is 2. The maximum atomic E-state index is 11.8. The second kappa shape index (κ2) is 9.12. The Labute approximate surface area is 130 Å². The summed E-state index contributed by atoms with van der Waals surface area (Å²) in [5, 5.41) is 18.4. The van der Waals surface area contributed by atoms with E-state index >= 15 is 0 Å². The quantitative estimate of drug-likeness (QED) is 0.600. The van der Waals surface area contributed by atoms with Gasteiger partial charge >= 0.3 is 11.9 Å². The van der Waals surface area contributed by atoms with Crippen molar-refractivity contribution >= 4 is 23.5 Å². The lowest BCUT2D eigenvalue weighted by molar-refractivity contribution is -0.137. The van der Waals surface area contributed by atoms with Crippen LogP contribution in [-0.2, 0) is 19.2 Å². The summed E-state index contributed by atoms with van der Waals surface area (Å²) in [5.41, 5.74) is -0.981. The van der Waals surface area contributed by atoms with E-state index < -0.39 is 35.9 Å². The molecule has 0 amide bonds. The molecule has 0 aliphatic heterocycles. The van der Waals surface area contributed by atoms with E-state index in [9.17, 15) is 29.4 Å². The van der Waals surface area contributed by atoms with E-state index in [0.717, 1.165) is 0 Å². The normalized spacial score (nSPS) is 12.3. The Morgan fingerprint density at radius 2 is 0.955 bits per heavy atom. The van der Waals surface area contributed by atoms with Gasteiger partial charge in [-0.25, -0.2) is 9.59 Å². The fourth-order valence-corrected chi connectivity index (χ4v) is 2.07. The van der Waals surface area contributed by atoms with Crippen molar-refractivity contribution in [1.82, 2.24) is 0 Å². The average molecular weight is 312 g/mol. The standard InChI is InChI=1S/C16H24O6/c1-9(2)5-11(17)7-13(15(19)20)14(16(21)22)8-12(18)6-10(3)4/h9-10H,5-8H2,1-4H3,(H,19,20)(H,21,22)/b14-13+. The van der Waals surface area contributed by atoms with Gasteiger partial charge in [0.25, 0.3) is 0 Å². The highest BCUT2D eigenvalue weighted by Crippen LogP contribution is 2.19. The molecule has 124 valence electrons. The molecule has 0 atom stereocenters. The first-order valence-electron chi connectivity index (χ1n) is 7.26. The van der Waals surface area contributed by atoms with Crippen LogP contribution in [0.4, 0.5) is 0 Å². The Morgan fingerprint density at radius 3 is 1.14 bits per heavy atom. The summed E-state index contributed by atoms with van der Waals surface area (Å²) in [5.74, 6) is -3.51. The summed E-state index contributed by atoms with van der Waals surface area (Å²) in [6.07, 6.45) is -0.596. The Morgan fingerprint density at radius 1 is 0.682 bits per heavy atom. The number of carbonyl (C=O) groups excluding carboxylic acids is 2. The maximum Gasteiger partial charge on any atom is 0.332 e. The molecule has 0 saturated carbocycles. The summed E-state index contributed by atoms with van der Waals surface area (Å²) in [4.78, 5) is 46.1. The van der Waals surface area contributed by atoms with E-state index in [1.54, 1.807) is 0 Å². The number of carboxylic acid groups (broad SMARTS) is 2. The van der Waals surface area contributed by atoms with E-state index in [4.69, 9.17) is 0 Å². The third kappa shape index (κ3) is 7.71. The van der Waals surface area contributed by atoms with Crippen LogP contribution in [0.5, 0.6) is 0 Å². The van der Waals surface area contributed by atoms with Crippen molar-refractivity contribution in [1.29, 1.82) is 0 Å². The van der Waals surface area contributed by atoms with Gasteiger partial charge in [0.1, 0.15) is 11.6 Å². The fraction of sp³-hybridized carbons (Fsp3) is 0.625. The minimum absolute atomic E-state index is 0.0541. The molecule has 0 fully saturated rings. The fourth-order valence-electron chi connectivity index (χ4n) is 2.07. The van der Waals surface area contributed by atoms with Crippen LogP contribution in [-0.4, -0.2) is 33.7 Å². The van der Waals surface area contributed by atoms with E-state index in [2.05, 4.69) is 0 Å². The average Bonchev–Trinajstić information content (AvgIpc) is 2.30. The van der Waals surface area contributed by atoms with E-state index in [0.29, 0.717) is 0 Å². The van der Waals surface area contributed by atoms with Crippen LogP contribution < -0.4 is 0 Å². The molecule has 0 rings (SSSR count). The summed E-state index contributed by atoms with van der Waals surface area (Å²) >= 11 is 0. The molecule has 0 aromatic rings. The molecule has 6 nitrogen and oxygen atoms in total. The van der Waals surface area contributed by atoms with E-state index in [-0.39, 0.29) is 36.2 Å². The number of carboxylic acids is 2. The van der Waals surface area contributed by atoms with Crippen molar-refractivity contribution in [2.45, 2.75) is 53.4 Å². The number of aliphatic carboxylic acids is 2. The first-order valence-corrected chi connectivity index (χ1v) is 7.26. The van der Waals surface area contributed by atoms with Gasteiger partial charge in [-0.05, 0) is 11.8 Å². The van der Waals surface area contributed by atoms with Crippen molar-refractivity contribution in [2.75, 3.05) is 0 Å². The van der Waals surface area contributed by atoms with Crippen molar-refractivity contribution in [2.24, 2.45) is 11.8 Å². The number of rotatable bonds is 10. The van der Waals surface area contributed by atoms with Crippen LogP contribution in [0.15, 0.2) is 11.1 Å². The highest BCUT2D eigenvalue weighted by atomic mass is 16.4. The molecule has 0 aliphatic carbocycles. The van der Waals surface area contributed by atoms with Gasteiger partial charge in [0, 0.05) is 25.7 Å². The molecular weight excluding hydrogens is 288 g/mol. The molecule has 0 aliphatic rings. The largest absolute Gasteiger partial charge is 0.478 e. The number of carbonyl (C=O) groups is 4. The lowest BCUT2D eigenvalue weighted by Crippen LogP contribution is -2.18. The molecular formula is C16H24O6. The zero-order valence-corrected chi connectivity index (χ0v) is 13.5. The molecule has 2 N–H and O–H groups in total. The van der Waals surface area contributed by atoms with Gasteiger partial charge in [0.15, 0.2) is 0 Å². The van der Waals surface area contributed by atoms with E-state index in [1.165, 1.54) is 0 Å². The van der Waals surface area contributed by atoms with Crippen LogP contribution in [0.25, 0.3) is 0 Å². The Bertz CT molecular complexity index is 441. The van der Waals surface area contributed by atoms with Crippen LogP contribution in [0.3, 0.4) is 0 Å². The van der Waals surface area contributed by atoms with Gasteiger partial charge in [-0.2, -0.15) is 0 Å². The maximum absolute atomic E-state index is 11.8. The Hall–Kier alpha value is -1.98. The summed E-state index contributed by atoms with van der Waals surface area (Å²) in [7, 11) is 0. The van der Waals surface area contributed by atoms with Crippen molar-refractivity contribution in [3.05, 3.63) is 11.1 Å². The molecule has 0 aromatic carbocycles. The van der Waals surface area contributed by atoms with Crippen molar-refractivity contribution in [3.63, 3.8) is 0 Å². The van der Waals surface area contributed by atoms with Gasteiger partial charge in [0.05, 0.1) is 11.1 Å². The van der Waals surface area contributed by atoms with Gasteiger partial charge in [-0.3, -0.25) is 9.59 Å². The second-order valence-corrected chi connectivity index (χ2v) is 6.19. The first kappa shape index (κ1) is 20.0. The molecule has 6 heteroatoms. The predicted octanol–water partition coefficient (Wildman–Crippen LogP) is 2.46. The van der Waals surface area contributed by atoms with Gasteiger partial charge in [-0.1, -0.05) is 27.7 Å². The summed E-state index contributed by atoms with van der Waals surface area (Å²) in [6, 6.07) is 0. The smallest absolute Gasteiger partial charge is 0.332 e. The van der Waals surface area contributed by atoms with Crippen LogP contribution in [0.2, 0.25) is 0 Å².